The minimum atomic E-state index is 0.823. The van der Waals surface area contributed by atoms with Crippen molar-refractivity contribution >= 4 is 15.9 Å². The number of rotatable bonds is 7. The van der Waals surface area contributed by atoms with Crippen LogP contribution in [0, 0.1) is 0 Å². The Morgan fingerprint density at radius 3 is 3.06 bits per heavy atom. The first-order chi connectivity index (χ1) is 7.81. The lowest BCUT2D eigenvalue weighted by Gasteiger charge is -2.07. The summed E-state index contributed by atoms with van der Waals surface area (Å²) in [7, 11) is 0. The zero-order chi connectivity index (χ0) is 11.4. The maximum absolute atomic E-state index is 4.38. The van der Waals surface area contributed by atoms with Gasteiger partial charge in [-0.1, -0.05) is 6.92 Å². The first-order valence-corrected chi connectivity index (χ1v) is 7.04. The molecule has 0 aromatic carbocycles. The van der Waals surface area contributed by atoms with Gasteiger partial charge < -0.3 is 5.32 Å². The van der Waals surface area contributed by atoms with Crippen LogP contribution >= 0.6 is 15.9 Å². The molecule has 0 unspecified atom stereocenters. The Morgan fingerprint density at radius 1 is 1.56 bits per heavy atom. The Bertz CT molecular complexity index is 331. The van der Waals surface area contributed by atoms with Crippen molar-refractivity contribution in [1.29, 1.82) is 0 Å². The number of hydrogen-bond acceptors (Lipinski definition) is 2. The highest BCUT2D eigenvalue weighted by atomic mass is 79.9. The summed E-state index contributed by atoms with van der Waals surface area (Å²) in [6, 6.07) is 0.823. The summed E-state index contributed by atoms with van der Waals surface area (Å²) in [6.45, 7) is 4.35. The van der Waals surface area contributed by atoms with Gasteiger partial charge in [0.1, 0.15) is 0 Å². The fraction of sp³-hybridized carbons (Fsp3) is 0.750. The minimum absolute atomic E-state index is 0.823. The van der Waals surface area contributed by atoms with Crippen molar-refractivity contribution in [3.05, 3.63) is 16.4 Å². The molecule has 4 heteroatoms. The zero-order valence-corrected chi connectivity index (χ0v) is 11.5. The average molecular weight is 286 g/mol. The Morgan fingerprint density at radius 2 is 2.38 bits per heavy atom. The molecule has 90 valence electrons. The van der Waals surface area contributed by atoms with Gasteiger partial charge in [-0.25, -0.2) is 0 Å². The van der Waals surface area contributed by atoms with Gasteiger partial charge in [-0.3, -0.25) is 4.68 Å². The SMILES string of the molecule is CCCn1ncc(Br)c1CCCNC1CC1. The molecule has 16 heavy (non-hydrogen) atoms. The van der Waals surface area contributed by atoms with Gasteiger partial charge in [0.05, 0.1) is 16.4 Å². The van der Waals surface area contributed by atoms with Crippen LogP contribution in [-0.4, -0.2) is 22.4 Å². The van der Waals surface area contributed by atoms with Crippen LogP contribution < -0.4 is 5.32 Å². The second kappa shape index (κ2) is 5.82. The number of nitrogens with zero attached hydrogens (tertiary/aromatic N) is 2. The molecule has 1 N–H and O–H groups in total. The molecule has 3 nitrogen and oxygen atoms in total. The van der Waals surface area contributed by atoms with E-state index in [9.17, 15) is 0 Å². The van der Waals surface area contributed by atoms with Gasteiger partial charge in [0, 0.05) is 12.6 Å². The van der Waals surface area contributed by atoms with Crippen molar-refractivity contribution < 1.29 is 0 Å². The molecule has 0 radical (unpaired) electrons. The molecule has 0 saturated heterocycles. The van der Waals surface area contributed by atoms with Crippen molar-refractivity contribution in [3.63, 3.8) is 0 Å². The molecule has 1 aliphatic rings. The largest absolute Gasteiger partial charge is 0.314 e. The van der Waals surface area contributed by atoms with Crippen LogP contribution in [0.1, 0.15) is 38.3 Å². The lowest BCUT2D eigenvalue weighted by atomic mass is 10.2. The Kier molecular flexibility index (Phi) is 4.41. The topological polar surface area (TPSA) is 29.9 Å². The maximum atomic E-state index is 4.38. The summed E-state index contributed by atoms with van der Waals surface area (Å²) >= 11 is 3.58. The molecule has 0 amide bonds. The second-order valence-electron chi connectivity index (χ2n) is 4.49. The zero-order valence-electron chi connectivity index (χ0n) is 9.88. The molecule has 1 aliphatic carbocycles. The fourth-order valence-corrected chi connectivity index (χ4v) is 2.38. The number of aryl methyl sites for hydroxylation is 1. The highest BCUT2D eigenvalue weighted by Crippen LogP contribution is 2.20. The van der Waals surface area contributed by atoms with E-state index in [1.807, 2.05) is 6.20 Å². The molecule has 1 saturated carbocycles. The predicted octanol–water partition coefficient (Wildman–Crippen LogP) is 2.74. The van der Waals surface area contributed by atoms with Crippen LogP contribution in [0.3, 0.4) is 0 Å². The van der Waals surface area contributed by atoms with Crippen LogP contribution in [0.2, 0.25) is 0 Å². The van der Waals surface area contributed by atoms with Crippen LogP contribution in [0.5, 0.6) is 0 Å². The molecule has 0 spiro atoms. The van der Waals surface area contributed by atoms with Gasteiger partial charge in [-0.15, -0.1) is 0 Å². The molecule has 1 fully saturated rings. The van der Waals surface area contributed by atoms with Crippen molar-refractivity contribution in [3.8, 4) is 0 Å². The van der Waals surface area contributed by atoms with Crippen LogP contribution in [0.4, 0.5) is 0 Å². The number of hydrogen-bond donors (Lipinski definition) is 1. The monoisotopic (exact) mass is 285 g/mol. The molecule has 1 heterocycles. The maximum Gasteiger partial charge on any atom is 0.0635 e. The summed E-state index contributed by atoms with van der Waals surface area (Å²) in [5.41, 5.74) is 1.35. The van der Waals surface area contributed by atoms with Crippen molar-refractivity contribution in [2.24, 2.45) is 0 Å². The molecule has 0 bridgehead atoms. The van der Waals surface area contributed by atoms with E-state index in [-0.39, 0.29) is 0 Å². The molecule has 1 aromatic rings. The quantitative estimate of drug-likeness (QED) is 0.781. The van der Waals surface area contributed by atoms with Crippen molar-refractivity contribution in [2.75, 3.05) is 6.54 Å². The summed E-state index contributed by atoms with van der Waals surface area (Å²) in [4.78, 5) is 0. The van der Waals surface area contributed by atoms with E-state index in [1.54, 1.807) is 0 Å². The van der Waals surface area contributed by atoms with E-state index < -0.39 is 0 Å². The lowest BCUT2D eigenvalue weighted by Crippen LogP contribution is -2.18. The number of aromatic nitrogens is 2. The smallest absolute Gasteiger partial charge is 0.0635 e. The van der Waals surface area contributed by atoms with Crippen LogP contribution in [-0.2, 0) is 13.0 Å². The Labute approximate surface area is 106 Å². The predicted molar refractivity (Wildman–Crippen MR) is 69.6 cm³/mol. The molecular formula is C12H20BrN3. The molecule has 2 rings (SSSR count). The van der Waals surface area contributed by atoms with E-state index in [4.69, 9.17) is 0 Å². The Balaban J connectivity index is 1.78. The first-order valence-electron chi connectivity index (χ1n) is 6.25. The Hall–Kier alpha value is -0.350. The molecule has 0 atom stereocenters. The number of halogens is 1. The minimum Gasteiger partial charge on any atom is -0.314 e. The van der Waals surface area contributed by atoms with Gasteiger partial charge in [-0.2, -0.15) is 5.10 Å². The third kappa shape index (κ3) is 3.32. The number of nitrogens with one attached hydrogen (secondary N) is 1. The highest BCUT2D eigenvalue weighted by Gasteiger charge is 2.19. The van der Waals surface area contributed by atoms with Gasteiger partial charge >= 0.3 is 0 Å². The van der Waals surface area contributed by atoms with Gasteiger partial charge in [0.15, 0.2) is 0 Å². The van der Waals surface area contributed by atoms with E-state index in [1.165, 1.54) is 25.0 Å². The van der Waals surface area contributed by atoms with E-state index in [0.29, 0.717) is 0 Å². The standard InChI is InChI=1S/C12H20BrN3/c1-2-8-16-12(11(13)9-15-16)4-3-7-14-10-5-6-10/h9-10,14H,2-8H2,1H3. The summed E-state index contributed by atoms with van der Waals surface area (Å²) in [5.74, 6) is 0. The summed E-state index contributed by atoms with van der Waals surface area (Å²) < 4.78 is 3.29. The molecule has 1 aromatic heterocycles. The van der Waals surface area contributed by atoms with Gasteiger partial charge in [0.25, 0.3) is 0 Å². The third-order valence-corrected chi connectivity index (χ3v) is 3.60. The second-order valence-corrected chi connectivity index (χ2v) is 5.35. The van der Waals surface area contributed by atoms with E-state index >= 15 is 0 Å². The average Bonchev–Trinajstić information content (AvgIpc) is 3.03. The van der Waals surface area contributed by atoms with Crippen molar-refractivity contribution in [1.82, 2.24) is 15.1 Å². The van der Waals surface area contributed by atoms with Gasteiger partial charge in [-0.05, 0) is 54.6 Å². The van der Waals surface area contributed by atoms with Crippen molar-refractivity contribution in [2.45, 2.75) is 51.6 Å². The van der Waals surface area contributed by atoms with Gasteiger partial charge in [0.2, 0.25) is 0 Å². The van der Waals surface area contributed by atoms with Crippen LogP contribution in [0.15, 0.2) is 10.7 Å². The normalized spacial score (nSPS) is 15.6. The summed E-state index contributed by atoms with van der Waals surface area (Å²) in [5, 5.41) is 7.93. The third-order valence-electron chi connectivity index (χ3n) is 2.93. The highest BCUT2D eigenvalue weighted by molar-refractivity contribution is 9.10. The van der Waals surface area contributed by atoms with E-state index in [2.05, 4.69) is 38.0 Å². The first kappa shape index (κ1) is 12.1. The molecule has 0 aliphatic heterocycles. The van der Waals surface area contributed by atoms with Crippen LogP contribution in [0.25, 0.3) is 0 Å². The summed E-state index contributed by atoms with van der Waals surface area (Å²) in [6.07, 6.45) is 8.11. The molecular weight excluding hydrogens is 266 g/mol. The van der Waals surface area contributed by atoms with E-state index in [0.717, 1.165) is 36.4 Å². The fourth-order valence-electron chi connectivity index (χ4n) is 1.89. The lowest BCUT2D eigenvalue weighted by molar-refractivity contribution is 0.557.